The number of hydroxylamine groups is 2. The predicted molar refractivity (Wildman–Crippen MR) is 42.3 cm³/mol. The lowest BCUT2D eigenvalue weighted by molar-refractivity contribution is -0.0787. The molecule has 58 valence electrons. The number of nitrogens with zero attached hydrogens (tertiary/aromatic N) is 1. The summed E-state index contributed by atoms with van der Waals surface area (Å²) in [5, 5.41) is 5.04. The van der Waals surface area contributed by atoms with Gasteiger partial charge in [-0.25, -0.2) is 0 Å². The lowest BCUT2D eigenvalue weighted by Gasteiger charge is -2.25. The number of thiocarbonyl (C=S) groups is 1. The van der Waals surface area contributed by atoms with Gasteiger partial charge in [0.25, 0.3) is 5.17 Å². The van der Waals surface area contributed by atoms with Crippen molar-refractivity contribution >= 4 is 17.4 Å². The molecule has 0 bridgehead atoms. The van der Waals surface area contributed by atoms with Gasteiger partial charge in [0, 0.05) is 26.2 Å². The third-order valence-electron chi connectivity index (χ3n) is 1.30. The summed E-state index contributed by atoms with van der Waals surface area (Å²) in [6, 6.07) is 0. The highest BCUT2D eigenvalue weighted by Gasteiger charge is 2.10. The molecule has 0 amide bonds. The molecule has 1 heterocycles. The fourth-order valence-corrected chi connectivity index (χ4v) is 0.968. The molecule has 1 rings (SSSR count). The summed E-state index contributed by atoms with van der Waals surface area (Å²) in [6.45, 7) is 3.56. The van der Waals surface area contributed by atoms with E-state index in [9.17, 15) is 0 Å². The Balaban J connectivity index is 2.19. The molecule has 0 aliphatic carbocycles. The molecule has 10 heavy (non-hydrogen) atoms. The van der Waals surface area contributed by atoms with Gasteiger partial charge in [-0.3, -0.25) is 0 Å². The van der Waals surface area contributed by atoms with Crippen LogP contribution in [-0.2, 0) is 4.84 Å². The van der Waals surface area contributed by atoms with Gasteiger partial charge in [-0.15, -0.1) is 5.06 Å². The van der Waals surface area contributed by atoms with Crippen molar-refractivity contribution in [1.29, 1.82) is 0 Å². The molecule has 0 aromatic heterocycles. The van der Waals surface area contributed by atoms with Crippen LogP contribution in [0.4, 0.5) is 0 Å². The van der Waals surface area contributed by atoms with Crippen molar-refractivity contribution < 1.29 is 4.84 Å². The first-order valence-electron chi connectivity index (χ1n) is 3.22. The highest BCUT2D eigenvalue weighted by molar-refractivity contribution is 7.79. The van der Waals surface area contributed by atoms with Gasteiger partial charge in [-0.2, -0.15) is 0 Å². The molecule has 1 saturated heterocycles. The third kappa shape index (κ3) is 2.47. The van der Waals surface area contributed by atoms with Crippen LogP contribution < -0.4 is 11.1 Å². The van der Waals surface area contributed by atoms with Crippen LogP contribution in [0, 0.1) is 0 Å². The Morgan fingerprint density at radius 2 is 2.10 bits per heavy atom. The zero-order valence-corrected chi connectivity index (χ0v) is 6.49. The Morgan fingerprint density at radius 1 is 1.50 bits per heavy atom. The molecule has 1 aliphatic rings. The molecule has 0 aromatic carbocycles. The van der Waals surface area contributed by atoms with Gasteiger partial charge in [0.05, 0.1) is 0 Å². The molecular formula is C5H11N3OS. The first-order chi connectivity index (χ1) is 4.79. The molecule has 0 atom stereocenters. The fraction of sp³-hybridized carbons (Fsp3) is 0.800. The Labute approximate surface area is 65.3 Å². The average molecular weight is 161 g/mol. The van der Waals surface area contributed by atoms with E-state index in [2.05, 4.69) is 17.5 Å². The lowest BCUT2D eigenvalue weighted by Crippen LogP contribution is -2.45. The lowest BCUT2D eigenvalue weighted by atomic mass is 10.4. The average Bonchev–Trinajstić information content (AvgIpc) is 1.88. The summed E-state index contributed by atoms with van der Waals surface area (Å²) < 4.78 is 0. The minimum absolute atomic E-state index is 0.0990. The zero-order chi connectivity index (χ0) is 7.40. The number of rotatable bonds is 1. The first-order valence-corrected chi connectivity index (χ1v) is 3.63. The van der Waals surface area contributed by atoms with Gasteiger partial charge >= 0.3 is 0 Å². The van der Waals surface area contributed by atoms with Crippen LogP contribution in [0.25, 0.3) is 0 Å². The summed E-state index contributed by atoms with van der Waals surface area (Å²) in [5.74, 6) is 0. The smallest absolute Gasteiger partial charge is 0.276 e. The second-order valence-corrected chi connectivity index (χ2v) is 2.49. The number of hydrogen-bond donors (Lipinski definition) is 2. The number of piperazine rings is 1. The molecule has 3 N–H and O–H groups in total. The quantitative estimate of drug-likeness (QED) is 0.486. The second-order valence-electron chi connectivity index (χ2n) is 2.09. The van der Waals surface area contributed by atoms with Crippen LogP contribution in [0.2, 0.25) is 0 Å². The van der Waals surface area contributed by atoms with Crippen molar-refractivity contribution in [2.75, 3.05) is 26.2 Å². The molecule has 1 fully saturated rings. The zero-order valence-electron chi connectivity index (χ0n) is 5.67. The maximum absolute atomic E-state index is 5.17. The van der Waals surface area contributed by atoms with Crippen molar-refractivity contribution in [1.82, 2.24) is 10.4 Å². The maximum atomic E-state index is 5.17. The Hall–Kier alpha value is -0.390. The minimum Gasteiger partial charge on any atom is -0.376 e. The number of nitrogens with two attached hydrogens (primary N) is 1. The number of nitrogens with one attached hydrogen (secondary N) is 1. The normalized spacial score (nSPS) is 20.4. The van der Waals surface area contributed by atoms with E-state index in [0.29, 0.717) is 0 Å². The van der Waals surface area contributed by atoms with E-state index < -0.39 is 0 Å². The van der Waals surface area contributed by atoms with Crippen LogP contribution >= 0.6 is 12.2 Å². The SMILES string of the molecule is NC(=S)ON1CCNCC1. The highest BCUT2D eigenvalue weighted by Crippen LogP contribution is 1.92. The molecule has 0 spiro atoms. The molecule has 1 aliphatic heterocycles. The molecule has 0 radical (unpaired) electrons. The molecule has 4 nitrogen and oxygen atoms in total. The van der Waals surface area contributed by atoms with Crippen LogP contribution in [0.5, 0.6) is 0 Å². The van der Waals surface area contributed by atoms with Gasteiger partial charge in [-0.1, -0.05) is 0 Å². The van der Waals surface area contributed by atoms with E-state index in [0.717, 1.165) is 26.2 Å². The highest BCUT2D eigenvalue weighted by atomic mass is 32.1. The standard InChI is InChI=1S/C5H11N3OS/c6-5(10)9-8-3-1-7-2-4-8/h7H,1-4H2,(H2,6,10). The molecule has 0 aromatic rings. The molecule has 0 saturated carbocycles. The molecule has 5 heteroatoms. The summed E-state index contributed by atoms with van der Waals surface area (Å²) in [5.41, 5.74) is 5.17. The fourth-order valence-electron chi connectivity index (χ4n) is 0.863. The molecule has 0 unspecified atom stereocenters. The van der Waals surface area contributed by atoms with E-state index >= 15 is 0 Å². The second kappa shape index (κ2) is 3.70. The van der Waals surface area contributed by atoms with E-state index in [1.807, 2.05) is 0 Å². The molecular weight excluding hydrogens is 150 g/mol. The van der Waals surface area contributed by atoms with Crippen LogP contribution in [0.15, 0.2) is 0 Å². The summed E-state index contributed by atoms with van der Waals surface area (Å²) in [6.07, 6.45) is 0. The van der Waals surface area contributed by atoms with Crippen LogP contribution in [0.1, 0.15) is 0 Å². The summed E-state index contributed by atoms with van der Waals surface area (Å²) in [4.78, 5) is 4.99. The third-order valence-corrected chi connectivity index (χ3v) is 1.37. The van der Waals surface area contributed by atoms with Crippen LogP contribution in [-0.4, -0.2) is 36.4 Å². The first kappa shape index (κ1) is 7.71. The van der Waals surface area contributed by atoms with E-state index in [1.54, 1.807) is 5.06 Å². The largest absolute Gasteiger partial charge is 0.376 e. The van der Waals surface area contributed by atoms with E-state index in [1.165, 1.54) is 0 Å². The van der Waals surface area contributed by atoms with Crippen molar-refractivity contribution in [3.8, 4) is 0 Å². The van der Waals surface area contributed by atoms with Crippen molar-refractivity contribution in [2.45, 2.75) is 0 Å². The Morgan fingerprint density at radius 3 is 2.60 bits per heavy atom. The van der Waals surface area contributed by atoms with E-state index in [-0.39, 0.29) is 5.17 Å². The summed E-state index contributed by atoms with van der Waals surface area (Å²) >= 11 is 4.57. The summed E-state index contributed by atoms with van der Waals surface area (Å²) in [7, 11) is 0. The van der Waals surface area contributed by atoms with Gasteiger partial charge in [0.15, 0.2) is 0 Å². The Bertz CT molecular complexity index is 124. The van der Waals surface area contributed by atoms with Crippen LogP contribution in [0.3, 0.4) is 0 Å². The number of hydrogen-bond acceptors (Lipinski definition) is 4. The van der Waals surface area contributed by atoms with Crippen molar-refractivity contribution in [3.05, 3.63) is 0 Å². The maximum Gasteiger partial charge on any atom is 0.276 e. The van der Waals surface area contributed by atoms with Gasteiger partial charge in [0.1, 0.15) is 0 Å². The topological polar surface area (TPSA) is 50.5 Å². The minimum atomic E-state index is 0.0990. The van der Waals surface area contributed by atoms with Crippen molar-refractivity contribution in [3.63, 3.8) is 0 Å². The van der Waals surface area contributed by atoms with Gasteiger partial charge in [0.2, 0.25) is 0 Å². The van der Waals surface area contributed by atoms with E-state index in [4.69, 9.17) is 10.6 Å². The Kier molecular flexibility index (Phi) is 2.85. The van der Waals surface area contributed by atoms with Gasteiger partial charge in [-0.05, 0) is 12.2 Å². The van der Waals surface area contributed by atoms with Gasteiger partial charge < -0.3 is 15.9 Å². The predicted octanol–water partition coefficient (Wildman–Crippen LogP) is -0.933. The monoisotopic (exact) mass is 161 g/mol. The van der Waals surface area contributed by atoms with Crippen molar-refractivity contribution in [2.24, 2.45) is 5.73 Å².